The van der Waals surface area contributed by atoms with Crippen LogP contribution in [0.1, 0.15) is 42.9 Å². The van der Waals surface area contributed by atoms with Crippen molar-refractivity contribution in [2.24, 2.45) is 4.99 Å². The van der Waals surface area contributed by atoms with E-state index in [1.807, 2.05) is 72.3 Å². The number of amides is 1. The summed E-state index contributed by atoms with van der Waals surface area (Å²) in [5.74, 6) is 1.10. The number of hydrogen-bond donors (Lipinski definition) is 1. The number of amidine groups is 2. The molecule has 0 saturated heterocycles. The Morgan fingerprint density at radius 3 is 2.60 bits per heavy atom. The van der Waals surface area contributed by atoms with Gasteiger partial charge in [-0.3, -0.25) is 15.1 Å². The summed E-state index contributed by atoms with van der Waals surface area (Å²) < 4.78 is 8.40. The van der Waals surface area contributed by atoms with Crippen LogP contribution in [0, 0.1) is 5.41 Å². The van der Waals surface area contributed by atoms with Gasteiger partial charge in [-0.15, -0.1) is 0 Å². The smallest absolute Gasteiger partial charge is 0.283 e. The molecule has 200 valence electrons. The van der Waals surface area contributed by atoms with Crippen molar-refractivity contribution >= 4 is 51.3 Å². The normalized spacial score (nSPS) is 16.8. The lowest BCUT2D eigenvalue weighted by Crippen LogP contribution is -2.38. The molecule has 6 nitrogen and oxygen atoms in total. The van der Waals surface area contributed by atoms with Crippen molar-refractivity contribution in [3.05, 3.63) is 113 Å². The quantitative estimate of drug-likeness (QED) is 0.232. The van der Waals surface area contributed by atoms with Crippen LogP contribution < -0.4 is 4.74 Å². The van der Waals surface area contributed by atoms with Crippen LogP contribution in [-0.4, -0.2) is 33.0 Å². The highest BCUT2D eigenvalue weighted by Crippen LogP contribution is 2.38. The van der Waals surface area contributed by atoms with E-state index in [9.17, 15) is 4.79 Å². The number of carbonyl (C=O) groups is 1. The Balaban J connectivity index is 1.28. The first-order valence-electron chi connectivity index (χ1n) is 13.5. The van der Waals surface area contributed by atoms with Gasteiger partial charge in [-0.25, -0.2) is 0 Å². The highest BCUT2D eigenvalue weighted by atomic mass is 32.2. The third kappa shape index (κ3) is 4.77. The summed E-state index contributed by atoms with van der Waals surface area (Å²) in [6.45, 7) is 5.57. The number of benzene rings is 3. The number of carbonyl (C=O) groups excluding carboxylic acids is 1. The van der Waals surface area contributed by atoms with Crippen LogP contribution in [0.2, 0.25) is 0 Å². The Kier molecular flexibility index (Phi) is 7.13. The maximum atomic E-state index is 13.1. The van der Waals surface area contributed by atoms with Gasteiger partial charge >= 0.3 is 0 Å². The van der Waals surface area contributed by atoms with Gasteiger partial charge in [0.2, 0.25) is 0 Å². The van der Waals surface area contributed by atoms with E-state index in [4.69, 9.17) is 10.1 Å². The summed E-state index contributed by atoms with van der Waals surface area (Å²) in [5.41, 5.74) is 5.25. The SMILES string of the molecule is CCC(C)c1ccccc1OCCn1cc(/C=C2/C(=N)N3C(c4ccccc4)=CSC3=NC2=O)c2ccccc21. The number of ether oxygens (including phenoxy) is 1. The van der Waals surface area contributed by atoms with Crippen molar-refractivity contribution in [1.29, 1.82) is 5.41 Å². The number of para-hydroxylation sites is 2. The zero-order chi connectivity index (χ0) is 27.6. The molecular formula is C33H30N4O2S. The number of fused-ring (bicyclic) bond motifs is 2. The lowest BCUT2D eigenvalue weighted by Gasteiger charge is -2.26. The van der Waals surface area contributed by atoms with Gasteiger partial charge in [0, 0.05) is 28.1 Å². The van der Waals surface area contributed by atoms with Crippen LogP contribution in [0.3, 0.4) is 0 Å². The average molecular weight is 547 g/mol. The fourth-order valence-electron chi connectivity index (χ4n) is 5.14. The van der Waals surface area contributed by atoms with Gasteiger partial charge in [-0.2, -0.15) is 4.99 Å². The first kappa shape index (κ1) is 25.9. The molecule has 4 aromatic rings. The summed E-state index contributed by atoms with van der Waals surface area (Å²) in [5, 5.41) is 12.5. The second-order valence-corrected chi connectivity index (χ2v) is 10.8. The Morgan fingerprint density at radius 1 is 1.02 bits per heavy atom. The molecule has 0 fully saturated rings. The van der Waals surface area contributed by atoms with Gasteiger partial charge < -0.3 is 9.30 Å². The molecule has 1 aromatic heterocycles. The summed E-state index contributed by atoms with van der Waals surface area (Å²) >= 11 is 1.37. The minimum absolute atomic E-state index is 0.136. The van der Waals surface area contributed by atoms with Crippen LogP contribution in [0.4, 0.5) is 0 Å². The first-order chi connectivity index (χ1) is 19.5. The highest BCUT2D eigenvalue weighted by Gasteiger charge is 2.36. The van der Waals surface area contributed by atoms with Gasteiger partial charge in [0.25, 0.3) is 5.91 Å². The van der Waals surface area contributed by atoms with Gasteiger partial charge in [0.1, 0.15) is 18.2 Å². The zero-order valence-electron chi connectivity index (χ0n) is 22.5. The minimum Gasteiger partial charge on any atom is -0.491 e. The molecule has 1 amide bonds. The van der Waals surface area contributed by atoms with Crippen molar-refractivity contribution in [3.63, 3.8) is 0 Å². The van der Waals surface area contributed by atoms with Crippen molar-refractivity contribution in [1.82, 2.24) is 9.47 Å². The maximum Gasteiger partial charge on any atom is 0.283 e. The Labute approximate surface area is 238 Å². The second-order valence-electron chi connectivity index (χ2n) is 9.92. The standard InChI is InChI=1S/C33H30N4O2S/c1-3-22(2)25-13-8-10-16-30(25)39-18-17-36-20-24(26-14-7-9-15-28(26)36)19-27-31(34)37-29(23-11-5-4-6-12-23)21-40-33(37)35-32(27)38/h4-16,19-22,34H,3,17-18H2,1-2H3/b27-19-,34-31?. The van der Waals surface area contributed by atoms with E-state index < -0.39 is 5.91 Å². The van der Waals surface area contributed by atoms with Crippen LogP contribution in [0.15, 0.2) is 101 Å². The van der Waals surface area contributed by atoms with Crippen molar-refractivity contribution in [2.75, 3.05) is 6.61 Å². The summed E-state index contributed by atoms with van der Waals surface area (Å²) in [6.07, 6.45) is 4.89. The Bertz CT molecular complexity index is 1700. The highest BCUT2D eigenvalue weighted by molar-refractivity contribution is 8.17. The van der Waals surface area contributed by atoms with Crippen molar-refractivity contribution < 1.29 is 9.53 Å². The molecule has 1 atom stereocenters. The van der Waals surface area contributed by atoms with Crippen LogP contribution in [-0.2, 0) is 11.3 Å². The van der Waals surface area contributed by atoms with Gasteiger partial charge in [0.15, 0.2) is 5.17 Å². The number of hydrogen-bond acceptors (Lipinski definition) is 4. The molecule has 2 aliphatic rings. The number of thioether (sulfide) groups is 1. The molecule has 7 heteroatoms. The zero-order valence-corrected chi connectivity index (χ0v) is 23.3. The molecule has 1 N–H and O–H groups in total. The van der Waals surface area contributed by atoms with Crippen molar-refractivity contribution in [2.45, 2.75) is 32.7 Å². The molecule has 2 aliphatic heterocycles. The average Bonchev–Trinajstić information content (AvgIpc) is 3.57. The number of aromatic nitrogens is 1. The molecular weight excluding hydrogens is 516 g/mol. The van der Waals surface area contributed by atoms with Gasteiger partial charge in [-0.1, -0.05) is 92.3 Å². The van der Waals surface area contributed by atoms with Crippen LogP contribution in [0.25, 0.3) is 22.7 Å². The first-order valence-corrected chi connectivity index (χ1v) is 14.4. The topological polar surface area (TPSA) is 70.7 Å². The second kappa shape index (κ2) is 11.0. The fourth-order valence-corrected chi connectivity index (χ4v) is 6.03. The molecule has 0 bridgehead atoms. The molecule has 0 aliphatic carbocycles. The molecule has 40 heavy (non-hydrogen) atoms. The largest absolute Gasteiger partial charge is 0.491 e. The predicted molar refractivity (Wildman–Crippen MR) is 165 cm³/mol. The summed E-state index contributed by atoms with van der Waals surface area (Å²) in [6, 6.07) is 26.3. The number of aliphatic imine (C=N–C) groups is 1. The number of nitrogens with one attached hydrogen (secondary N) is 1. The van der Waals surface area contributed by atoms with Gasteiger partial charge in [0.05, 0.1) is 17.8 Å². The lowest BCUT2D eigenvalue weighted by atomic mass is 9.98. The third-order valence-corrected chi connectivity index (χ3v) is 8.28. The molecule has 1 unspecified atom stereocenters. The van der Waals surface area contributed by atoms with E-state index in [1.54, 1.807) is 11.0 Å². The lowest BCUT2D eigenvalue weighted by molar-refractivity contribution is -0.114. The number of nitrogens with zero attached hydrogens (tertiary/aromatic N) is 3. The monoisotopic (exact) mass is 546 g/mol. The van der Waals surface area contributed by atoms with E-state index in [0.717, 1.165) is 39.9 Å². The molecule has 0 spiro atoms. The van der Waals surface area contributed by atoms with E-state index in [1.165, 1.54) is 17.3 Å². The Morgan fingerprint density at radius 2 is 1.77 bits per heavy atom. The fraction of sp³-hybridized carbons (Fsp3) is 0.182. The summed E-state index contributed by atoms with van der Waals surface area (Å²) in [4.78, 5) is 19.2. The Hall–Kier alpha value is -4.36. The van der Waals surface area contributed by atoms with Crippen molar-refractivity contribution in [3.8, 4) is 5.75 Å². The molecule has 6 rings (SSSR count). The van der Waals surface area contributed by atoms with Crippen LogP contribution >= 0.6 is 11.8 Å². The molecule has 3 aromatic carbocycles. The molecule has 3 heterocycles. The summed E-state index contributed by atoms with van der Waals surface area (Å²) in [7, 11) is 0. The molecule has 0 saturated carbocycles. The van der Waals surface area contributed by atoms with E-state index in [-0.39, 0.29) is 11.4 Å². The van der Waals surface area contributed by atoms with E-state index in [2.05, 4.69) is 41.6 Å². The van der Waals surface area contributed by atoms with E-state index >= 15 is 0 Å². The minimum atomic E-state index is -0.395. The third-order valence-electron chi connectivity index (χ3n) is 7.46. The van der Waals surface area contributed by atoms with Crippen LogP contribution in [0.5, 0.6) is 5.75 Å². The predicted octanol–water partition coefficient (Wildman–Crippen LogP) is 7.54. The molecule has 0 radical (unpaired) electrons. The van der Waals surface area contributed by atoms with E-state index in [0.29, 0.717) is 24.2 Å². The van der Waals surface area contributed by atoms with Gasteiger partial charge in [-0.05, 0) is 41.7 Å². The maximum absolute atomic E-state index is 13.1. The number of rotatable bonds is 8.